The minimum Gasteiger partial charge on any atom is -0.456 e. The minimum atomic E-state index is -0.641. The maximum atomic E-state index is 11.8. The van der Waals surface area contributed by atoms with Crippen LogP contribution in [0.4, 0.5) is 11.5 Å². The first-order valence-electron chi connectivity index (χ1n) is 7.36. The van der Waals surface area contributed by atoms with Crippen LogP contribution in [-0.2, 0) is 19.1 Å². The zero-order valence-corrected chi connectivity index (χ0v) is 15.0. The number of hydrogen-bond acceptors (Lipinski definition) is 6. The average molecular weight is 410 g/mol. The van der Waals surface area contributed by atoms with E-state index in [-0.39, 0.29) is 24.6 Å². The topological polar surface area (TPSA) is 111 Å². The zero-order valence-electron chi connectivity index (χ0n) is 13.4. The highest BCUT2D eigenvalue weighted by atomic mass is 79.9. The molecule has 0 saturated carbocycles. The van der Waals surface area contributed by atoms with Crippen molar-refractivity contribution >= 4 is 45.2 Å². The number of amides is 2. The van der Waals surface area contributed by atoms with Crippen LogP contribution in [0.2, 0.25) is 0 Å². The predicted molar refractivity (Wildman–Crippen MR) is 92.8 cm³/mol. The Kier molecular flexibility index (Phi) is 6.70. The molecule has 2 amide bonds. The number of carbonyl (C=O) groups excluding carboxylic acids is 3. The summed E-state index contributed by atoms with van der Waals surface area (Å²) in [6, 6.07) is 8.58. The van der Waals surface area contributed by atoms with Gasteiger partial charge in [0.2, 0.25) is 5.91 Å². The number of carbonyl (C=O) groups is 3. The number of benzene rings is 1. The molecule has 1 heterocycles. The molecule has 132 valence electrons. The third-order valence-electron chi connectivity index (χ3n) is 2.94. The number of nitrogens with zero attached hydrogens (tertiary/aromatic N) is 1. The van der Waals surface area contributed by atoms with E-state index in [1.807, 2.05) is 0 Å². The number of anilines is 2. The Morgan fingerprint density at radius 2 is 1.84 bits per heavy atom. The zero-order chi connectivity index (χ0) is 18.2. The molecule has 1 aromatic carbocycles. The molecular weight excluding hydrogens is 394 g/mol. The van der Waals surface area contributed by atoms with Gasteiger partial charge in [0.1, 0.15) is 5.76 Å². The first-order valence-corrected chi connectivity index (χ1v) is 8.16. The van der Waals surface area contributed by atoms with Crippen LogP contribution in [0.3, 0.4) is 0 Å². The number of esters is 1. The molecule has 0 saturated heterocycles. The molecule has 0 spiro atoms. The lowest BCUT2D eigenvalue weighted by Crippen LogP contribution is -2.21. The summed E-state index contributed by atoms with van der Waals surface area (Å²) in [5.74, 6) is -0.711. The lowest BCUT2D eigenvalue weighted by molar-refractivity contribution is -0.147. The van der Waals surface area contributed by atoms with Crippen molar-refractivity contribution in [2.45, 2.75) is 19.8 Å². The highest BCUT2D eigenvalue weighted by molar-refractivity contribution is 9.10. The summed E-state index contributed by atoms with van der Waals surface area (Å²) in [7, 11) is 0. The largest absolute Gasteiger partial charge is 0.456 e. The maximum Gasteiger partial charge on any atom is 0.306 e. The molecule has 2 aromatic rings. The lowest BCUT2D eigenvalue weighted by atomic mass is 10.2. The summed E-state index contributed by atoms with van der Waals surface area (Å²) >= 11 is 3.30. The van der Waals surface area contributed by atoms with Crippen LogP contribution in [0.15, 0.2) is 39.3 Å². The van der Waals surface area contributed by atoms with Gasteiger partial charge in [-0.2, -0.15) is 0 Å². The number of rotatable bonds is 7. The predicted octanol–water partition coefficient (Wildman–Crippen LogP) is 2.65. The third-order valence-corrected chi connectivity index (χ3v) is 3.47. The van der Waals surface area contributed by atoms with Crippen molar-refractivity contribution in [1.29, 1.82) is 0 Å². The summed E-state index contributed by atoms with van der Waals surface area (Å²) in [6.07, 6.45) is -0.169. The third kappa shape index (κ3) is 6.76. The summed E-state index contributed by atoms with van der Waals surface area (Å²) in [5, 5.41) is 8.66. The van der Waals surface area contributed by atoms with Crippen LogP contribution in [0.5, 0.6) is 0 Å². The monoisotopic (exact) mass is 409 g/mol. The number of aromatic nitrogens is 1. The van der Waals surface area contributed by atoms with Crippen molar-refractivity contribution in [3.8, 4) is 0 Å². The van der Waals surface area contributed by atoms with E-state index in [2.05, 4.69) is 31.7 Å². The lowest BCUT2D eigenvalue weighted by Gasteiger charge is -2.06. The number of halogens is 1. The fraction of sp³-hybridized carbons (Fsp3) is 0.250. The van der Waals surface area contributed by atoms with E-state index in [1.165, 1.54) is 6.07 Å². The average Bonchev–Trinajstić information content (AvgIpc) is 2.98. The van der Waals surface area contributed by atoms with Crippen molar-refractivity contribution in [2.24, 2.45) is 0 Å². The highest BCUT2D eigenvalue weighted by Gasteiger charge is 2.12. The second kappa shape index (κ2) is 8.97. The molecule has 9 heteroatoms. The van der Waals surface area contributed by atoms with E-state index >= 15 is 0 Å². The number of ether oxygens (including phenoxy) is 1. The van der Waals surface area contributed by atoms with Crippen molar-refractivity contribution in [3.63, 3.8) is 0 Å². The van der Waals surface area contributed by atoms with Gasteiger partial charge in [-0.25, -0.2) is 0 Å². The first kappa shape index (κ1) is 18.7. The normalized spacial score (nSPS) is 10.2. The Balaban J connectivity index is 1.65. The van der Waals surface area contributed by atoms with Crippen molar-refractivity contribution in [2.75, 3.05) is 17.2 Å². The fourth-order valence-electron chi connectivity index (χ4n) is 1.79. The van der Waals surface area contributed by atoms with E-state index in [4.69, 9.17) is 9.26 Å². The molecule has 2 rings (SSSR count). The van der Waals surface area contributed by atoms with E-state index < -0.39 is 18.5 Å². The van der Waals surface area contributed by atoms with Gasteiger partial charge < -0.3 is 19.9 Å². The Bertz CT molecular complexity index is 757. The molecule has 8 nitrogen and oxygen atoms in total. The summed E-state index contributed by atoms with van der Waals surface area (Å²) in [5.41, 5.74) is 0.629. The standard InChI is InChI=1S/C16H16BrN3O5/c1-10-8-13(20-25-10)19-15(22)9-24-16(23)7-6-14(21)18-12-4-2-11(17)3-5-12/h2-5,8H,6-7,9H2,1H3,(H,18,21)(H,19,20,22). The Morgan fingerprint density at radius 3 is 2.48 bits per heavy atom. The second-order valence-electron chi connectivity index (χ2n) is 5.09. The van der Waals surface area contributed by atoms with Crippen LogP contribution >= 0.6 is 15.9 Å². The number of hydrogen-bond donors (Lipinski definition) is 2. The number of nitrogens with one attached hydrogen (secondary N) is 2. The van der Waals surface area contributed by atoms with Gasteiger partial charge in [0.25, 0.3) is 5.91 Å². The Hall–Kier alpha value is -2.68. The molecule has 0 radical (unpaired) electrons. The quantitative estimate of drug-likeness (QED) is 0.679. The second-order valence-corrected chi connectivity index (χ2v) is 6.00. The Labute approximate surface area is 152 Å². The molecule has 1 aromatic heterocycles. The molecule has 0 fully saturated rings. The van der Waals surface area contributed by atoms with Crippen LogP contribution in [-0.4, -0.2) is 29.5 Å². The molecular formula is C16H16BrN3O5. The van der Waals surface area contributed by atoms with Crippen molar-refractivity contribution in [1.82, 2.24) is 5.16 Å². The van der Waals surface area contributed by atoms with E-state index in [1.54, 1.807) is 31.2 Å². The van der Waals surface area contributed by atoms with Crippen LogP contribution < -0.4 is 10.6 Å². The summed E-state index contributed by atoms with van der Waals surface area (Å²) < 4.78 is 10.5. The van der Waals surface area contributed by atoms with Gasteiger partial charge in [0.15, 0.2) is 12.4 Å². The molecule has 25 heavy (non-hydrogen) atoms. The van der Waals surface area contributed by atoms with Gasteiger partial charge in [0, 0.05) is 22.6 Å². The van der Waals surface area contributed by atoms with Crippen molar-refractivity contribution in [3.05, 3.63) is 40.6 Å². The smallest absolute Gasteiger partial charge is 0.306 e. The highest BCUT2D eigenvalue weighted by Crippen LogP contribution is 2.14. The van der Waals surface area contributed by atoms with Gasteiger partial charge in [-0.15, -0.1) is 0 Å². The SMILES string of the molecule is Cc1cc(NC(=O)COC(=O)CCC(=O)Nc2ccc(Br)cc2)no1. The van der Waals surface area contributed by atoms with E-state index in [9.17, 15) is 14.4 Å². The molecule has 0 aliphatic carbocycles. The molecule has 0 bridgehead atoms. The van der Waals surface area contributed by atoms with Gasteiger partial charge >= 0.3 is 5.97 Å². The van der Waals surface area contributed by atoms with Gasteiger partial charge in [-0.05, 0) is 31.2 Å². The minimum absolute atomic E-state index is 0.0427. The molecule has 0 aliphatic rings. The van der Waals surface area contributed by atoms with Crippen molar-refractivity contribution < 1.29 is 23.6 Å². The fourth-order valence-corrected chi connectivity index (χ4v) is 2.06. The van der Waals surface area contributed by atoms with Gasteiger partial charge in [0.05, 0.1) is 6.42 Å². The molecule has 0 aliphatic heterocycles. The van der Waals surface area contributed by atoms with Crippen LogP contribution in [0, 0.1) is 6.92 Å². The van der Waals surface area contributed by atoms with Gasteiger partial charge in [-0.3, -0.25) is 14.4 Å². The van der Waals surface area contributed by atoms with Gasteiger partial charge in [-0.1, -0.05) is 21.1 Å². The van der Waals surface area contributed by atoms with E-state index in [0.29, 0.717) is 11.4 Å². The first-order chi connectivity index (χ1) is 11.9. The maximum absolute atomic E-state index is 11.8. The molecule has 2 N–H and O–H groups in total. The Morgan fingerprint density at radius 1 is 1.12 bits per heavy atom. The van der Waals surface area contributed by atoms with Crippen LogP contribution in [0.1, 0.15) is 18.6 Å². The van der Waals surface area contributed by atoms with Crippen LogP contribution in [0.25, 0.3) is 0 Å². The van der Waals surface area contributed by atoms with E-state index in [0.717, 1.165) is 4.47 Å². The summed E-state index contributed by atoms with van der Waals surface area (Å²) in [6.45, 7) is 1.22. The number of aryl methyl sites for hydroxylation is 1. The summed E-state index contributed by atoms with van der Waals surface area (Å²) in [4.78, 5) is 34.9. The molecule has 0 atom stereocenters. The molecule has 0 unspecified atom stereocenters.